The summed E-state index contributed by atoms with van der Waals surface area (Å²) < 4.78 is 0. The minimum atomic E-state index is -0.648. The molecule has 1 heterocycles. The molecule has 138 valence electrons. The molecule has 26 heavy (non-hydrogen) atoms. The fourth-order valence-corrected chi connectivity index (χ4v) is 4.01. The number of nitriles is 1. The fourth-order valence-electron chi connectivity index (χ4n) is 4.01. The standard InChI is InChI=1S/C20H26N4O2/c21-15-20(10-4-5-11-20)23-18(25)14-24-12-8-16(9-13-24)19(26)22-17-6-2-1-3-7-17/h1-3,6-7,16H,4-5,8-14H2,(H,22,26)(H,23,25)/p+1. The Labute approximate surface area is 154 Å². The summed E-state index contributed by atoms with van der Waals surface area (Å²) in [5.41, 5.74) is 0.176. The zero-order valence-corrected chi connectivity index (χ0v) is 15.1. The summed E-state index contributed by atoms with van der Waals surface area (Å²) in [6, 6.07) is 11.8. The Morgan fingerprint density at radius 3 is 2.42 bits per heavy atom. The van der Waals surface area contributed by atoms with E-state index >= 15 is 0 Å². The maximum atomic E-state index is 12.4. The number of likely N-dealkylation sites (tertiary alicyclic amines) is 1. The van der Waals surface area contributed by atoms with Crippen molar-refractivity contribution in [1.82, 2.24) is 5.32 Å². The molecule has 1 aromatic carbocycles. The predicted octanol–water partition coefficient (Wildman–Crippen LogP) is 0.873. The highest BCUT2D eigenvalue weighted by Gasteiger charge is 2.36. The number of amides is 2. The fraction of sp³-hybridized carbons (Fsp3) is 0.550. The van der Waals surface area contributed by atoms with Crippen molar-refractivity contribution in [1.29, 1.82) is 5.26 Å². The molecule has 0 spiro atoms. The van der Waals surface area contributed by atoms with Gasteiger partial charge in [0.25, 0.3) is 5.91 Å². The van der Waals surface area contributed by atoms with Crippen LogP contribution in [0.25, 0.3) is 0 Å². The van der Waals surface area contributed by atoms with Gasteiger partial charge in [-0.05, 0) is 37.8 Å². The van der Waals surface area contributed by atoms with Gasteiger partial charge < -0.3 is 15.5 Å². The number of anilines is 1. The highest BCUT2D eigenvalue weighted by molar-refractivity contribution is 5.92. The second kappa shape index (κ2) is 8.33. The van der Waals surface area contributed by atoms with Crippen LogP contribution in [-0.2, 0) is 9.59 Å². The Morgan fingerprint density at radius 1 is 1.15 bits per heavy atom. The number of carbonyl (C=O) groups is 2. The molecule has 6 heteroatoms. The van der Waals surface area contributed by atoms with Gasteiger partial charge in [0.05, 0.1) is 19.2 Å². The first-order chi connectivity index (χ1) is 12.6. The van der Waals surface area contributed by atoms with Gasteiger partial charge in [0.15, 0.2) is 6.54 Å². The van der Waals surface area contributed by atoms with Crippen LogP contribution >= 0.6 is 0 Å². The molecule has 0 unspecified atom stereocenters. The number of para-hydroxylation sites is 1. The molecule has 0 aromatic heterocycles. The van der Waals surface area contributed by atoms with E-state index < -0.39 is 5.54 Å². The number of benzene rings is 1. The number of carbonyl (C=O) groups excluding carboxylic acids is 2. The van der Waals surface area contributed by atoms with Crippen LogP contribution in [0.4, 0.5) is 5.69 Å². The molecule has 2 amide bonds. The Hall–Kier alpha value is -2.39. The van der Waals surface area contributed by atoms with Crippen molar-refractivity contribution in [3.05, 3.63) is 30.3 Å². The molecule has 3 N–H and O–H groups in total. The first-order valence-corrected chi connectivity index (χ1v) is 9.52. The summed E-state index contributed by atoms with van der Waals surface area (Å²) in [5.74, 6) is 0.0204. The molecule has 1 aromatic rings. The number of rotatable bonds is 5. The molecule has 3 rings (SSSR count). The maximum Gasteiger partial charge on any atom is 0.276 e. The van der Waals surface area contributed by atoms with Gasteiger partial charge in [-0.1, -0.05) is 18.2 Å². The zero-order valence-electron chi connectivity index (χ0n) is 15.1. The van der Waals surface area contributed by atoms with Crippen LogP contribution in [-0.4, -0.2) is 37.0 Å². The number of hydrogen-bond acceptors (Lipinski definition) is 3. The highest BCUT2D eigenvalue weighted by Crippen LogP contribution is 2.28. The van der Waals surface area contributed by atoms with Crippen molar-refractivity contribution in [2.24, 2.45) is 5.92 Å². The van der Waals surface area contributed by atoms with Gasteiger partial charge in [0.1, 0.15) is 5.54 Å². The van der Waals surface area contributed by atoms with E-state index in [0.717, 1.165) is 57.3 Å². The third kappa shape index (κ3) is 4.61. The minimum absolute atomic E-state index is 0.00213. The summed E-state index contributed by atoms with van der Waals surface area (Å²) in [6.07, 6.45) is 5.08. The quantitative estimate of drug-likeness (QED) is 0.733. The van der Waals surface area contributed by atoms with Crippen LogP contribution in [0.3, 0.4) is 0 Å². The van der Waals surface area contributed by atoms with Gasteiger partial charge >= 0.3 is 0 Å². The smallest absolute Gasteiger partial charge is 0.276 e. The van der Waals surface area contributed by atoms with Crippen LogP contribution < -0.4 is 15.5 Å². The topological polar surface area (TPSA) is 86.4 Å². The first kappa shape index (κ1) is 18.4. The third-order valence-corrected chi connectivity index (χ3v) is 5.57. The molecule has 0 radical (unpaired) electrons. The van der Waals surface area contributed by atoms with Gasteiger partial charge in [0.2, 0.25) is 5.91 Å². The lowest BCUT2D eigenvalue weighted by Gasteiger charge is -2.29. The number of piperidine rings is 1. The first-order valence-electron chi connectivity index (χ1n) is 9.52. The Balaban J connectivity index is 1.43. The van der Waals surface area contributed by atoms with E-state index in [1.54, 1.807) is 0 Å². The van der Waals surface area contributed by atoms with Crippen LogP contribution in [0, 0.1) is 17.2 Å². The molecule has 1 saturated heterocycles. The molecule has 1 aliphatic carbocycles. The van der Waals surface area contributed by atoms with Crippen LogP contribution in [0.15, 0.2) is 30.3 Å². The molecule has 0 bridgehead atoms. The van der Waals surface area contributed by atoms with Crippen molar-refractivity contribution >= 4 is 17.5 Å². The van der Waals surface area contributed by atoms with Crippen LogP contribution in [0.5, 0.6) is 0 Å². The highest BCUT2D eigenvalue weighted by atomic mass is 16.2. The lowest BCUT2D eigenvalue weighted by Crippen LogP contribution is -3.14. The van der Waals surface area contributed by atoms with Crippen molar-refractivity contribution in [2.45, 2.75) is 44.1 Å². The SMILES string of the molecule is N#CC1(NC(=O)C[NH+]2CCC(C(=O)Nc3ccccc3)CC2)CCCC1. The summed E-state index contributed by atoms with van der Waals surface area (Å²) in [7, 11) is 0. The van der Waals surface area contributed by atoms with Crippen molar-refractivity contribution in [2.75, 3.05) is 25.0 Å². The summed E-state index contributed by atoms with van der Waals surface area (Å²) >= 11 is 0. The largest absolute Gasteiger partial charge is 0.333 e. The molecule has 2 aliphatic rings. The van der Waals surface area contributed by atoms with E-state index in [9.17, 15) is 14.9 Å². The van der Waals surface area contributed by atoms with Crippen LogP contribution in [0.1, 0.15) is 38.5 Å². The average Bonchev–Trinajstić information content (AvgIpc) is 3.12. The van der Waals surface area contributed by atoms with Gasteiger partial charge in [0, 0.05) is 24.4 Å². The number of nitrogens with one attached hydrogen (secondary N) is 3. The van der Waals surface area contributed by atoms with Crippen molar-refractivity contribution in [3.8, 4) is 6.07 Å². The van der Waals surface area contributed by atoms with Crippen molar-refractivity contribution in [3.63, 3.8) is 0 Å². The molecular formula is C20H27N4O2+. The van der Waals surface area contributed by atoms with E-state index in [1.807, 2.05) is 30.3 Å². The van der Waals surface area contributed by atoms with E-state index in [-0.39, 0.29) is 17.7 Å². The normalized spacial score (nSPS) is 24.4. The maximum absolute atomic E-state index is 12.4. The Morgan fingerprint density at radius 2 is 1.81 bits per heavy atom. The molecule has 2 fully saturated rings. The Bertz CT molecular complexity index is 669. The molecule has 6 nitrogen and oxygen atoms in total. The van der Waals surface area contributed by atoms with Gasteiger partial charge in [-0.2, -0.15) is 5.26 Å². The lowest BCUT2D eigenvalue weighted by molar-refractivity contribution is -0.897. The second-order valence-electron chi connectivity index (χ2n) is 7.51. The molecule has 1 aliphatic heterocycles. The number of quaternary nitrogens is 1. The van der Waals surface area contributed by atoms with E-state index in [2.05, 4.69) is 16.7 Å². The predicted molar refractivity (Wildman–Crippen MR) is 98.3 cm³/mol. The molecular weight excluding hydrogens is 328 g/mol. The van der Waals surface area contributed by atoms with E-state index in [1.165, 1.54) is 4.90 Å². The van der Waals surface area contributed by atoms with Crippen molar-refractivity contribution < 1.29 is 14.5 Å². The van der Waals surface area contributed by atoms with Crippen LogP contribution in [0.2, 0.25) is 0 Å². The summed E-state index contributed by atoms with van der Waals surface area (Å²) in [5, 5.41) is 15.3. The van der Waals surface area contributed by atoms with E-state index in [4.69, 9.17) is 0 Å². The summed E-state index contributed by atoms with van der Waals surface area (Å²) in [6.45, 7) is 2.00. The monoisotopic (exact) mass is 355 g/mol. The molecule has 1 saturated carbocycles. The van der Waals surface area contributed by atoms with E-state index in [0.29, 0.717) is 6.54 Å². The Kier molecular flexibility index (Phi) is 5.89. The number of hydrogen-bond donors (Lipinski definition) is 3. The van der Waals surface area contributed by atoms with Gasteiger partial charge in [-0.15, -0.1) is 0 Å². The second-order valence-corrected chi connectivity index (χ2v) is 7.51. The van der Waals surface area contributed by atoms with Gasteiger partial charge in [-0.3, -0.25) is 9.59 Å². The summed E-state index contributed by atoms with van der Waals surface area (Å²) in [4.78, 5) is 25.9. The lowest BCUT2D eigenvalue weighted by atomic mass is 9.95. The number of nitrogens with zero attached hydrogens (tertiary/aromatic N) is 1. The minimum Gasteiger partial charge on any atom is -0.333 e. The third-order valence-electron chi connectivity index (χ3n) is 5.57. The average molecular weight is 355 g/mol. The van der Waals surface area contributed by atoms with Gasteiger partial charge in [-0.25, -0.2) is 0 Å². The zero-order chi connectivity index (χ0) is 18.4. The molecule has 0 atom stereocenters.